The maximum absolute atomic E-state index is 11.5. The number of aryl methyl sites for hydroxylation is 2. The Morgan fingerprint density at radius 1 is 1.23 bits per heavy atom. The van der Waals surface area contributed by atoms with Crippen LogP contribution >= 0.6 is 0 Å². The fourth-order valence-corrected chi connectivity index (χ4v) is 3.32. The molecule has 1 aliphatic carbocycles. The lowest BCUT2D eigenvalue weighted by atomic mass is 9.79. The average Bonchev–Trinajstić information content (AvgIpc) is 2.56. The van der Waals surface area contributed by atoms with E-state index in [1.54, 1.807) is 11.1 Å². The van der Waals surface area contributed by atoms with E-state index in [4.69, 9.17) is 0 Å². The summed E-state index contributed by atoms with van der Waals surface area (Å²) in [5, 5.41) is 5.80. The van der Waals surface area contributed by atoms with Gasteiger partial charge in [0.15, 0.2) is 0 Å². The molecule has 1 aromatic rings. The van der Waals surface area contributed by atoms with E-state index in [-0.39, 0.29) is 6.03 Å². The van der Waals surface area contributed by atoms with Crippen LogP contribution < -0.4 is 10.6 Å². The highest BCUT2D eigenvalue weighted by molar-refractivity contribution is 5.73. The molecule has 1 aliphatic rings. The van der Waals surface area contributed by atoms with Crippen LogP contribution in [0.5, 0.6) is 0 Å². The largest absolute Gasteiger partial charge is 0.338 e. The first-order chi connectivity index (χ1) is 10.7. The second-order valence-corrected chi connectivity index (χ2v) is 6.30. The molecule has 1 unspecified atom stereocenters. The standard InChI is InChI=1S/C19H30N2O/c1-3-12-20-19(22)21-13-6-9-16-7-5-8-17-11-10-15(4-2)14-18(16)17/h10-11,14,16H,3-9,12-13H2,1-2H3,(H2,20,21,22). The first-order valence-corrected chi connectivity index (χ1v) is 8.88. The van der Waals surface area contributed by atoms with E-state index in [0.717, 1.165) is 32.4 Å². The highest BCUT2D eigenvalue weighted by atomic mass is 16.2. The maximum atomic E-state index is 11.5. The quantitative estimate of drug-likeness (QED) is 0.730. The highest BCUT2D eigenvalue weighted by Gasteiger charge is 2.20. The molecule has 1 atom stereocenters. The number of rotatable bonds is 7. The summed E-state index contributed by atoms with van der Waals surface area (Å²) >= 11 is 0. The molecule has 22 heavy (non-hydrogen) atoms. The van der Waals surface area contributed by atoms with Gasteiger partial charge >= 0.3 is 6.03 Å². The molecule has 3 nitrogen and oxygen atoms in total. The molecule has 2 rings (SSSR count). The van der Waals surface area contributed by atoms with Gasteiger partial charge in [-0.1, -0.05) is 32.0 Å². The van der Waals surface area contributed by atoms with Crippen LogP contribution in [-0.4, -0.2) is 19.1 Å². The molecule has 0 heterocycles. The van der Waals surface area contributed by atoms with Crippen molar-refractivity contribution in [1.82, 2.24) is 10.6 Å². The van der Waals surface area contributed by atoms with Crippen molar-refractivity contribution in [3.63, 3.8) is 0 Å². The molecule has 0 saturated carbocycles. The summed E-state index contributed by atoms with van der Waals surface area (Å²) in [5.74, 6) is 0.677. The molecule has 1 aromatic carbocycles. The molecule has 3 heteroatoms. The third kappa shape index (κ3) is 4.75. The molecule has 122 valence electrons. The van der Waals surface area contributed by atoms with Gasteiger partial charge in [0.05, 0.1) is 0 Å². The zero-order valence-electron chi connectivity index (χ0n) is 14.1. The molecule has 0 aliphatic heterocycles. The van der Waals surface area contributed by atoms with Crippen molar-refractivity contribution in [2.24, 2.45) is 0 Å². The molecule has 2 amide bonds. The number of benzene rings is 1. The molecule has 0 saturated heterocycles. The zero-order valence-corrected chi connectivity index (χ0v) is 14.1. The topological polar surface area (TPSA) is 41.1 Å². The van der Waals surface area contributed by atoms with Crippen LogP contribution in [0.4, 0.5) is 4.79 Å². The van der Waals surface area contributed by atoms with Gasteiger partial charge in [-0.05, 0) is 67.6 Å². The van der Waals surface area contributed by atoms with Crippen LogP contribution in [-0.2, 0) is 12.8 Å². The normalized spacial score (nSPS) is 16.9. The minimum Gasteiger partial charge on any atom is -0.338 e. The van der Waals surface area contributed by atoms with Crippen molar-refractivity contribution in [2.45, 2.75) is 64.7 Å². The fraction of sp³-hybridized carbons (Fsp3) is 0.632. The monoisotopic (exact) mass is 302 g/mol. The van der Waals surface area contributed by atoms with Crippen molar-refractivity contribution < 1.29 is 4.79 Å². The fourth-order valence-electron chi connectivity index (χ4n) is 3.32. The number of fused-ring (bicyclic) bond motifs is 1. The molecule has 0 fully saturated rings. The highest BCUT2D eigenvalue weighted by Crippen LogP contribution is 2.35. The van der Waals surface area contributed by atoms with E-state index in [0.29, 0.717) is 5.92 Å². The summed E-state index contributed by atoms with van der Waals surface area (Å²) in [4.78, 5) is 11.5. The number of urea groups is 1. The number of nitrogens with one attached hydrogen (secondary N) is 2. The lowest BCUT2D eigenvalue weighted by Crippen LogP contribution is -2.36. The van der Waals surface area contributed by atoms with Crippen LogP contribution in [0.3, 0.4) is 0 Å². The lowest BCUT2D eigenvalue weighted by molar-refractivity contribution is 0.240. The van der Waals surface area contributed by atoms with Crippen molar-refractivity contribution in [1.29, 1.82) is 0 Å². The van der Waals surface area contributed by atoms with Gasteiger partial charge in [-0.3, -0.25) is 0 Å². The van der Waals surface area contributed by atoms with Gasteiger partial charge in [-0.25, -0.2) is 4.79 Å². The van der Waals surface area contributed by atoms with E-state index < -0.39 is 0 Å². The Hall–Kier alpha value is -1.51. The van der Waals surface area contributed by atoms with E-state index in [2.05, 4.69) is 42.7 Å². The second kappa shape index (κ2) is 8.82. The Labute approximate surface area is 134 Å². The zero-order chi connectivity index (χ0) is 15.8. The number of amides is 2. The summed E-state index contributed by atoms with van der Waals surface area (Å²) in [7, 11) is 0. The molecule has 0 radical (unpaired) electrons. The van der Waals surface area contributed by atoms with Crippen LogP contribution in [0.1, 0.15) is 68.6 Å². The molecular formula is C19H30N2O. The molecule has 0 bridgehead atoms. The van der Waals surface area contributed by atoms with Crippen LogP contribution in [0.25, 0.3) is 0 Å². The van der Waals surface area contributed by atoms with Crippen LogP contribution in [0.2, 0.25) is 0 Å². The summed E-state index contributed by atoms with van der Waals surface area (Å²) < 4.78 is 0. The first-order valence-electron chi connectivity index (χ1n) is 8.88. The van der Waals surface area contributed by atoms with Crippen LogP contribution in [0.15, 0.2) is 18.2 Å². The Kier molecular flexibility index (Phi) is 6.75. The third-order valence-corrected chi connectivity index (χ3v) is 4.61. The maximum Gasteiger partial charge on any atom is 0.314 e. The van der Waals surface area contributed by atoms with E-state index >= 15 is 0 Å². The minimum absolute atomic E-state index is 0.0286. The number of carbonyl (C=O) groups excluding carboxylic acids is 1. The summed E-state index contributed by atoms with van der Waals surface area (Å²) in [5.41, 5.74) is 4.56. The van der Waals surface area contributed by atoms with Crippen molar-refractivity contribution in [3.8, 4) is 0 Å². The van der Waals surface area contributed by atoms with E-state index in [1.807, 2.05) is 0 Å². The molecule has 2 N–H and O–H groups in total. The van der Waals surface area contributed by atoms with Gasteiger partial charge in [0.2, 0.25) is 0 Å². The average molecular weight is 302 g/mol. The SMILES string of the molecule is CCCNC(=O)NCCCC1CCCc2ccc(CC)cc21. The number of hydrogen-bond donors (Lipinski definition) is 2. The van der Waals surface area contributed by atoms with E-state index in [1.165, 1.54) is 31.2 Å². The Balaban J connectivity index is 1.81. The van der Waals surface area contributed by atoms with Crippen molar-refractivity contribution in [3.05, 3.63) is 34.9 Å². The van der Waals surface area contributed by atoms with Gasteiger partial charge < -0.3 is 10.6 Å². The third-order valence-electron chi connectivity index (χ3n) is 4.61. The van der Waals surface area contributed by atoms with E-state index in [9.17, 15) is 4.79 Å². The predicted molar refractivity (Wildman–Crippen MR) is 92.4 cm³/mol. The number of carbonyl (C=O) groups is 1. The minimum atomic E-state index is -0.0286. The van der Waals surface area contributed by atoms with Gasteiger partial charge in [-0.2, -0.15) is 0 Å². The van der Waals surface area contributed by atoms with Crippen molar-refractivity contribution in [2.75, 3.05) is 13.1 Å². The molecule has 0 aromatic heterocycles. The van der Waals surface area contributed by atoms with Crippen molar-refractivity contribution >= 4 is 6.03 Å². The summed E-state index contributed by atoms with van der Waals surface area (Å²) in [6, 6.07) is 7.00. The van der Waals surface area contributed by atoms with Gasteiger partial charge in [0.25, 0.3) is 0 Å². The Morgan fingerprint density at radius 2 is 2.05 bits per heavy atom. The first kappa shape index (κ1) is 16.9. The second-order valence-electron chi connectivity index (χ2n) is 6.30. The Bertz CT molecular complexity index is 484. The predicted octanol–water partition coefficient (Wildman–Crippen LogP) is 4.16. The van der Waals surface area contributed by atoms with Gasteiger partial charge in [0, 0.05) is 13.1 Å². The summed E-state index contributed by atoms with van der Waals surface area (Å²) in [6.45, 7) is 5.81. The van der Waals surface area contributed by atoms with Gasteiger partial charge in [-0.15, -0.1) is 0 Å². The molecule has 0 spiro atoms. The number of hydrogen-bond acceptors (Lipinski definition) is 1. The summed E-state index contributed by atoms with van der Waals surface area (Å²) in [6.07, 6.45) is 8.14. The Morgan fingerprint density at radius 3 is 2.82 bits per heavy atom. The lowest BCUT2D eigenvalue weighted by Gasteiger charge is -2.26. The smallest absolute Gasteiger partial charge is 0.314 e. The van der Waals surface area contributed by atoms with Gasteiger partial charge in [0.1, 0.15) is 0 Å². The molecular weight excluding hydrogens is 272 g/mol. The van der Waals surface area contributed by atoms with Crippen LogP contribution in [0, 0.1) is 0 Å².